The summed E-state index contributed by atoms with van der Waals surface area (Å²) in [5.41, 5.74) is 4.71. The number of carbonyl (C=O) groups is 1. The molecule has 3 nitrogen and oxygen atoms in total. The Hall–Kier alpha value is -1.35. The SMILES string of the molecule is C[C@H]1CO[C@]2(C1)OC(=O)c1cc3c(cc12)CC(C)(C)CC3. The standard InChI is InChI=1S/C18H22O3/c1-11-8-18(20-10-11)15-7-13-9-17(2,3)5-4-12(13)6-14(15)16(19)21-18/h6-7,11H,4-5,8-10H2,1-3H3/t11-,18-/m1/s1. The molecule has 21 heavy (non-hydrogen) atoms. The molecule has 1 aromatic carbocycles. The topological polar surface area (TPSA) is 35.5 Å². The molecule has 1 aromatic rings. The summed E-state index contributed by atoms with van der Waals surface area (Å²) < 4.78 is 11.6. The molecule has 2 aliphatic heterocycles. The van der Waals surface area contributed by atoms with Crippen molar-refractivity contribution in [3.8, 4) is 0 Å². The fourth-order valence-corrected chi connectivity index (χ4v) is 4.02. The minimum Gasteiger partial charge on any atom is -0.425 e. The van der Waals surface area contributed by atoms with Crippen molar-refractivity contribution in [2.45, 2.75) is 52.2 Å². The minimum atomic E-state index is -0.803. The molecule has 1 fully saturated rings. The third kappa shape index (κ3) is 1.94. The van der Waals surface area contributed by atoms with Gasteiger partial charge in [0, 0.05) is 12.0 Å². The zero-order chi connectivity index (χ0) is 14.8. The molecule has 0 radical (unpaired) electrons. The first-order valence-electron chi connectivity index (χ1n) is 7.92. The van der Waals surface area contributed by atoms with E-state index < -0.39 is 5.79 Å². The van der Waals surface area contributed by atoms with Crippen LogP contribution in [0.5, 0.6) is 0 Å². The van der Waals surface area contributed by atoms with E-state index in [9.17, 15) is 4.79 Å². The average Bonchev–Trinajstić information content (AvgIpc) is 2.89. The lowest BCUT2D eigenvalue weighted by Gasteiger charge is -2.32. The largest absolute Gasteiger partial charge is 0.425 e. The van der Waals surface area contributed by atoms with Gasteiger partial charge in [-0.3, -0.25) is 0 Å². The number of rotatable bonds is 0. The van der Waals surface area contributed by atoms with Crippen LogP contribution in [0.2, 0.25) is 0 Å². The number of fused-ring (bicyclic) bond motifs is 3. The van der Waals surface area contributed by atoms with Crippen molar-refractivity contribution >= 4 is 5.97 Å². The van der Waals surface area contributed by atoms with Gasteiger partial charge < -0.3 is 9.47 Å². The highest BCUT2D eigenvalue weighted by atomic mass is 16.7. The molecule has 2 atom stereocenters. The maximum Gasteiger partial charge on any atom is 0.341 e. The van der Waals surface area contributed by atoms with Gasteiger partial charge in [0.25, 0.3) is 0 Å². The van der Waals surface area contributed by atoms with E-state index >= 15 is 0 Å². The van der Waals surface area contributed by atoms with E-state index in [0.717, 1.165) is 30.4 Å². The van der Waals surface area contributed by atoms with Gasteiger partial charge in [0.2, 0.25) is 5.79 Å². The van der Waals surface area contributed by atoms with Gasteiger partial charge in [-0.05, 0) is 53.9 Å². The minimum absolute atomic E-state index is 0.216. The number of hydrogen-bond donors (Lipinski definition) is 0. The quantitative estimate of drug-likeness (QED) is 0.684. The van der Waals surface area contributed by atoms with Crippen LogP contribution in [-0.2, 0) is 28.1 Å². The molecular formula is C18H22O3. The van der Waals surface area contributed by atoms with Gasteiger partial charge >= 0.3 is 5.97 Å². The number of esters is 1. The summed E-state index contributed by atoms with van der Waals surface area (Å²) in [6.45, 7) is 7.43. The highest BCUT2D eigenvalue weighted by molar-refractivity contribution is 5.95. The van der Waals surface area contributed by atoms with Gasteiger partial charge in [-0.25, -0.2) is 4.79 Å². The summed E-state index contributed by atoms with van der Waals surface area (Å²) in [6, 6.07) is 4.25. The maximum absolute atomic E-state index is 12.2. The van der Waals surface area contributed by atoms with E-state index in [2.05, 4.69) is 32.9 Å². The van der Waals surface area contributed by atoms with Crippen LogP contribution < -0.4 is 0 Å². The van der Waals surface area contributed by atoms with Crippen molar-refractivity contribution < 1.29 is 14.3 Å². The molecule has 1 spiro atoms. The van der Waals surface area contributed by atoms with Crippen molar-refractivity contribution in [1.82, 2.24) is 0 Å². The highest BCUT2D eigenvalue weighted by Gasteiger charge is 2.51. The highest BCUT2D eigenvalue weighted by Crippen LogP contribution is 2.48. The number of aryl methyl sites for hydroxylation is 1. The monoisotopic (exact) mass is 286 g/mol. The van der Waals surface area contributed by atoms with Gasteiger partial charge in [-0.15, -0.1) is 0 Å². The number of carbonyl (C=O) groups excluding carboxylic acids is 1. The van der Waals surface area contributed by atoms with Crippen molar-refractivity contribution in [2.24, 2.45) is 11.3 Å². The summed E-state index contributed by atoms with van der Waals surface area (Å²) in [5.74, 6) is -0.592. The van der Waals surface area contributed by atoms with Gasteiger partial charge in [-0.2, -0.15) is 0 Å². The molecule has 2 heterocycles. The summed E-state index contributed by atoms with van der Waals surface area (Å²) in [7, 11) is 0. The van der Waals surface area contributed by atoms with Crippen molar-refractivity contribution in [1.29, 1.82) is 0 Å². The molecule has 4 rings (SSSR count). The first kappa shape index (κ1) is 13.3. The normalized spacial score (nSPS) is 32.9. The molecule has 0 unspecified atom stereocenters. The van der Waals surface area contributed by atoms with Gasteiger partial charge in [0.15, 0.2) is 0 Å². The van der Waals surface area contributed by atoms with Crippen LogP contribution in [0, 0.1) is 11.3 Å². The Morgan fingerprint density at radius 3 is 2.76 bits per heavy atom. The second-order valence-corrected chi connectivity index (χ2v) is 7.77. The fourth-order valence-electron chi connectivity index (χ4n) is 4.02. The smallest absolute Gasteiger partial charge is 0.341 e. The van der Waals surface area contributed by atoms with Crippen LogP contribution in [0.4, 0.5) is 0 Å². The zero-order valence-corrected chi connectivity index (χ0v) is 13.0. The van der Waals surface area contributed by atoms with Crippen LogP contribution in [-0.4, -0.2) is 12.6 Å². The summed E-state index contributed by atoms with van der Waals surface area (Å²) in [6.07, 6.45) is 4.06. The van der Waals surface area contributed by atoms with Crippen LogP contribution in [0.25, 0.3) is 0 Å². The summed E-state index contributed by atoms with van der Waals surface area (Å²) in [4.78, 5) is 12.2. The second-order valence-electron chi connectivity index (χ2n) is 7.77. The Bertz CT molecular complexity index is 632. The number of hydrogen-bond acceptors (Lipinski definition) is 3. The summed E-state index contributed by atoms with van der Waals surface area (Å²) in [5, 5.41) is 0. The molecule has 3 aliphatic rings. The van der Waals surface area contributed by atoms with Crippen LogP contribution in [0.3, 0.4) is 0 Å². The Morgan fingerprint density at radius 1 is 1.24 bits per heavy atom. The molecule has 1 saturated heterocycles. The maximum atomic E-state index is 12.2. The van der Waals surface area contributed by atoms with E-state index in [1.165, 1.54) is 17.5 Å². The predicted octanol–water partition coefficient (Wildman–Crippen LogP) is 3.58. The third-order valence-corrected chi connectivity index (χ3v) is 5.19. The Balaban J connectivity index is 1.83. The fraction of sp³-hybridized carbons (Fsp3) is 0.611. The van der Waals surface area contributed by atoms with E-state index in [4.69, 9.17) is 9.47 Å². The summed E-state index contributed by atoms with van der Waals surface area (Å²) >= 11 is 0. The number of benzene rings is 1. The van der Waals surface area contributed by atoms with Crippen LogP contribution >= 0.6 is 0 Å². The lowest BCUT2D eigenvalue weighted by Crippen LogP contribution is -2.26. The molecular weight excluding hydrogens is 264 g/mol. The molecule has 3 heteroatoms. The van der Waals surface area contributed by atoms with Gasteiger partial charge in [0.1, 0.15) is 0 Å². The lowest BCUT2D eigenvalue weighted by atomic mass is 9.73. The van der Waals surface area contributed by atoms with E-state index in [0.29, 0.717) is 17.9 Å². The third-order valence-electron chi connectivity index (χ3n) is 5.19. The molecule has 0 aromatic heterocycles. The molecule has 112 valence electrons. The molecule has 0 N–H and O–H groups in total. The Morgan fingerprint density at radius 2 is 2.05 bits per heavy atom. The molecule has 0 amide bonds. The van der Waals surface area contributed by atoms with Crippen LogP contribution in [0.15, 0.2) is 12.1 Å². The Kier molecular flexibility index (Phi) is 2.60. The van der Waals surface area contributed by atoms with Gasteiger partial charge in [-0.1, -0.05) is 20.8 Å². The zero-order valence-electron chi connectivity index (χ0n) is 13.0. The van der Waals surface area contributed by atoms with Crippen LogP contribution in [0.1, 0.15) is 60.7 Å². The first-order chi connectivity index (χ1) is 9.89. The first-order valence-corrected chi connectivity index (χ1v) is 7.92. The molecule has 0 saturated carbocycles. The second kappa shape index (κ2) is 4.10. The van der Waals surface area contributed by atoms with E-state index in [1.807, 2.05) is 0 Å². The lowest BCUT2D eigenvalue weighted by molar-refractivity contribution is -0.172. The number of ether oxygens (including phenoxy) is 2. The van der Waals surface area contributed by atoms with Crippen molar-refractivity contribution in [3.63, 3.8) is 0 Å². The van der Waals surface area contributed by atoms with E-state index in [-0.39, 0.29) is 5.97 Å². The average molecular weight is 286 g/mol. The predicted molar refractivity (Wildman–Crippen MR) is 79.1 cm³/mol. The molecule has 0 bridgehead atoms. The molecule has 1 aliphatic carbocycles. The van der Waals surface area contributed by atoms with Crippen molar-refractivity contribution in [3.05, 3.63) is 34.4 Å². The van der Waals surface area contributed by atoms with E-state index in [1.54, 1.807) is 0 Å². The Labute approximate surface area is 125 Å². The van der Waals surface area contributed by atoms with Gasteiger partial charge in [0.05, 0.1) is 12.2 Å². The van der Waals surface area contributed by atoms with Crippen molar-refractivity contribution in [2.75, 3.05) is 6.61 Å².